The van der Waals surface area contributed by atoms with Crippen LogP contribution in [0.5, 0.6) is 0 Å². The second kappa shape index (κ2) is 5.80. The molecule has 2 aliphatic rings. The molecule has 0 aliphatic carbocycles. The van der Waals surface area contributed by atoms with Crippen LogP contribution in [-0.4, -0.2) is 61.6 Å². The number of hydrogen-bond acceptors (Lipinski definition) is 6. The first-order chi connectivity index (χ1) is 9.88. The van der Waals surface area contributed by atoms with E-state index in [1.165, 1.54) is 0 Å². The lowest BCUT2D eigenvalue weighted by molar-refractivity contribution is -0.228. The summed E-state index contributed by atoms with van der Waals surface area (Å²) in [6, 6.07) is 0. The molecule has 22 heavy (non-hydrogen) atoms. The lowest BCUT2D eigenvalue weighted by Gasteiger charge is -2.39. The third kappa shape index (κ3) is 3.40. The molecule has 5 atom stereocenters. The minimum absolute atomic E-state index is 0.0362. The van der Waals surface area contributed by atoms with Crippen LogP contribution in [0.1, 0.15) is 34.6 Å². The number of hydrogen-bond donors (Lipinski definition) is 2. The Balaban J connectivity index is 2.19. The summed E-state index contributed by atoms with van der Waals surface area (Å²) in [5.41, 5.74) is 0. The molecule has 0 bridgehead atoms. The molecule has 6 nitrogen and oxygen atoms in total. The summed E-state index contributed by atoms with van der Waals surface area (Å²) in [5.74, 6) is -0.748. The normalized spacial score (nSPS) is 36.4. The van der Waals surface area contributed by atoms with E-state index in [2.05, 4.69) is 33.9 Å². The fourth-order valence-corrected chi connectivity index (χ4v) is 3.69. The van der Waals surface area contributed by atoms with Crippen LogP contribution in [0.15, 0.2) is 0 Å². The quantitative estimate of drug-likeness (QED) is 0.761. The first kappa shape index (κ1) is 18.3. The maximum Gasteiger partial charge on any atom is 0.195 e. The fraction of sp³-hybridized carbons (Fsp3) is 1.00. The molecule has 2 saturated heterocycles. The first-order valence-corrected chi connectivity index (χ1v) is 10.8. The maximum atomic E-state index is 10.00. The van der Waals surface area contributed by atoms with Crippen LogP contribution in [0.4, 0.5) is 0 Å². The average molecular weight is 334 g/mol. The molecule has 0 amide bonds. The molecule has 0 aromatic rings. The van der Waals surface area contributed by atoms with Gasteiger partial charge in [0.25, 0.3) is 0 Å². The van der Waals surface area contributed by atoms with Crippen molar-refractivity contribution in [3.05, 3.63) is 0 Å². The molecule has 0 aromatic heterocycles. The summed E-state index contributed by atoms with van der Waals surface area (Å²) in [7, 11) is -2.06. The van der Waals surface area contributed by atoms with Crippen molar-refractivity contribution in [3.63, 3.8) is 0 Å². The SMILES string of the molecule is CC1(C)O[C@@H]2[C@H](O1)[C@@H](O[Si](C)(C)C(C)(C)C)O[C@@H]2[C@H](O)CO. The largest absolute Gasteiger partial charge is 0.394 e. The van der Waals surface area contributed by atoms with Gasteiger partial charge in [0.1, 0.15) is 24.4 Å². The van der Waals surface area contributed by atoms with Crippen molar-refractivity contribution < 1.29 is 28.8 Å². The second-order valence-corrected chi connectivity index (χ2v) is 12.9. The third-order valence-corrected chi connectivity index (χ3v) is 9.26. The summed E-state index contributed by atoms with van der Waals surface area (Å²) >= 11 is 0. The van der Waals surface area contributed by atoms with Gasteiger partial charge in [-0.3, -0.25) is 0 Å². The predicted molar refractivity (Wildman–Crippen MR) is 83.9 cm³/mol. The minimum atomic E-state index is -2.06. The van der Waals surface area contributed by atoms with Crippen LogP contribution in [0.2, 0.25) is 18.1 Å². The standard InChI is InChI=1S/C15H30O6Si/c1-14(2,3)22(6,7)21-13-12-11(19-15(4,5)20-12)10(18-13)9(17)8-16/h9-13,16-17H,8H2,1-7H3/t9-,10-,11+,12+,13-/m1/s1. The van der Waals surface area contributed by atoms with E-state index >= 15 is 0 Å². The molecule has 2 rings (SSSR count). The van der Waals surface area contributed by atoms with Gasteiger partial charge in [-0.15, -0.1) is 0 Å². The molecular weight excluding hydrogens is 304 g/mol. The van der Waals surface area contributed by atoms with E-state index in [0.717, 1.165) is 0 Å². The lowest BCUT2D eigenvalue weighted by Crippen LogP contribution is -2.47. The summed E-state index contributed by atoms with van der Waals surface area (Å²) in [4.78, 5) is 0. The first-order valence-electron chi connectivity index (χ1n) is 7.86. The summed E-state index contributed by atoms with van der Waals surface area (Å²) in [6.45, 7) is 14.0. The Morgan fingerprint density at radius 1 is 1.18 bits per heavy atom. The molecule has 130 valence electrons. The predicted octanol–water partition coefficient (Wildman–Crippen LogP) is 1.61. The zero-order valence-corrected chi connectivity index (χ0v) is 15.6. The maximum absolute atomic E-state index is 10.00. The van der Waals surface area contributed by atoms with Gasteiger partial charge in [0.2, 0.25) is 0 Å². The Morgan fingerprint density at radius 2 is 1.73 bits per heavy atom. The zero-order chi connectivity index (χ0) is 16.9. The number of aliphatic hydroxyl groups excluding tert-OH is 2. The van der Waals surface area contributed by atoms with Gasteiger partial charge in [-0.25, -0.2) is 0 Å². The van der Waals surface area contributed by atoms with Crippen LogP contribution in [-0.2, 0) is 18.6 Å². The highest BCUT2D eigenvalue weighted by atomic mass is 28.4. The molecular formula is C15H30O6Si. The Kier molecular flexibility index (Phi) is 4.83. The van der Waals surface area contributed by atoms with E-state index in [1.54, 1.807) is 0 Å². The second-order valence-electron chi connectivity index (χ2n) is 8.16. The molecule has 2 fully saturated rings. The van der Waals surface area contributed by atoms with Gasteiger partial charge in [-0.1, -0.05) is 20.8 Å². The average Bonchev–Trinajstić information content (AvgIpc) is 2.81. The van der Waals surface area contributed by atoms with Gasteiger partial charge in [0.05, 0.1) is 6.61 Å². The van der Waals surface area contributed by atoms with Crippen LogP contribution in [0.3, 0.4) is 0 Å². The fourth-order valence-electron chi connectivity index (χ4n) is 2.57. The molecule has 2 aliphatic heterocycles. The number of rotatable bonds is 4. The van der Waals surface area contributed by atoms with Crippen molar-refractivity contribution in [2.75, 3.05) is 6.61 Å². The number of ether oxygens (including phenoxy) is 3. The molecule has 0 saturated carbocycles. The lowest BCUT2D eigenvalue weighted by atomic mass is 10.1. The summed E-state index contributed by atoms with van der Waals surface area (Å²) < 4.78 is 24.0. The highest BCUT2D eigenvalue weighted by molar-refractivity contribution is 6.74. The number of aliphatic hydroxyl groups is 2. The van der Waals surface area contributed by atoms with E-state index in [4.69, 9.17) is 18.6 Å². The third-order valence-electron chi connectivity index (χ3n) is 4.83. The van der Waals surface area contributed by atoms with Crippen molar-refractivity contribution in [2.45, 2.75) is 89.2 Å². The van der Waals surface area contributed by atoms with Gasteiger partial charge < -0.3 is 28.8 Å². The molecule has 7 heteroatoms. The van der Waals surface area contributed by atoms with Crippen molar-refractivity contribution in [3.8, 4) is 0 Å². The number of fused-ring (bicyclic) bond motifs is 1. The monoisotopic (exact) mass is 334 g/mol. The van der Waals surface area contributed by atoms with Gasteiger partial charge in [0.15, 0.2) is 20.4 Å². The van der Waals surface area contributed by atoms with Crippen molar-refractivity contribution in [2.24, 2.45) is 0 Å². The van der Waals surface area contributed by atoms with Crippen LogP contribution < -0.4 is 0 Å². The van der Waals surface area contributed by atoms with E-state index in [0.29, 0.717) is 0 Å². The molecule has 2 heterocycles. The summed E-state index contributed by atoms with van der Waals surface area (Å²) in [5, 5.41) is 19.3. The molecule has 2 N–H and O–H groups in total. The molecule has 0 spiro atoms. The van der Waals surface area contributed by atoms with Crippen LogP contribution >= 0.6 is 0 Å². The van der Waals surface area contributed by atoms with E-state index < -0.39 is 44.8 Å². The van der Waals surface area contributed by atoms with Gasteiger partial charge >= 0.3 is 0 Å². The van der Waals surface area contributed by atoms with Crippen LogP contribution in [0, 0.1) is 0 Å². The highest BCUT2D eigenvalue weighted by Gasteiger charge is 2.59. The molecule has 0 aromatic carbocycles. The highest BCUT2D eigenvalue weighted by Crippen LogP contribution is 2.44. The topological polar surface area (TPSA) is 77.4 Å². The smallest absolute Gasteiger partial charge is 0.195 e. The van der Waals surface area contributed by atoms with Gasteiger partial charge in [0, 0.05) is 0 Å². The van der Waals surface area contributed by atoms with Gasteiger partial charge in [-0.05, 0) is 32.0 Å². The Morgan fingerprint density at radius 3 is 2.23 bits per heavy atom. The minimum Gasteiger partial charge on any atom is -0.394 e. The molecule has 0 radical (unpaired) electrons. The summed E-state index contributed by atoms with van der Waals surface area (Å²) in [6.07, 6.45) is -3.08. The zero-order valence-electron chi connectivity index (χ0n) is 14.6. The van der Waals surface area contributed by atoms with Gasteiger partial charge in [-0.2, -0.15) is 0 Å². The van der Waals surface area contributed by atoms with E-state index in [-0.39, 0.29) is 11.6 Å². The van der Waals surface area contributed by atoms with Crippen molar-refractivity contribution >= 4 is 8.32 Å². The van der Waals surface area contributed by atoms with Crippen molar-refractivity contribution in [1.29, 1.82) is 0 Å². The Bertz CT molecular complexity index is 405. The Hall–Kier alpha value is -0.0231. The van der Waals surface area contributed by atoms with E-state index in [1.807, 2.05) is 13.8 Å². The molecule has 0 unspecified atom stereocenters. The van der Waals surface area contributed by atoms with Crippen molar-refractivity contribution in [1.82, 2.24) is 0 Å². The van der Waals surface area contributed by atoms with Crippen LogP contribution in [0.25, 0.3) is 0 Å². The Labute approximate surface area is 133 Å². The van der Waals surface area contributed by atoms with E-state index in [9.17, 15) is 10.2 Å².